The number of pyridine rings is 1. The van der Waals surface area contributed by atoms with Crippen LogP contribution in [-0.2, 0) is 11.3 Å². The predicted octanol–water partition coefficient (Wildman–Crippen LogP) is 4.12. The average molecular weight is 404 g/mol. The normalized spacial score (nSPS) is 17.7. The molecule has 29 heavy (non-hydrogen) atoms. The van der Waals surface area contributed by atoms with Gasteiger partial charge in [-0.3, -0.25) is 14.7 Å². The van der Waals surface area contributed by atoms with Gasteiger partial charge in [0, 0.05) is 41.5 Å². The Hall–Kier alpha value is -2.80. The number of ether oxygens (including phenoxy) is 1. The van der Waals surface area contributed by atoms with E-state index in [1.807, 2.05) is 36.5 Å². The van der Waals surface area contributed by atoms with Gasteiger partial charge in [-0.2, -0.15) is 0 Å². The van der Waals surface area contributed by atoms with Crippen LogP contribution in [0.4, 0.5) is 0 Å². The van der Waals surface area contributed by atoms with Crippen LogP contribution in [-0.4, -0.2) is 35.5 Å². The maximum atomic E-state index is 12.1. The van der Waals surface area contributed by atoms with E-state index in [2.05, 4.69) is 34.1 Å². The summed E-state index contributed by atoms with van der Waals surface area (Å²) in [6.45, 7) is 3.04. The highest BCUT2D eigenvalue weighted by molar-refractivity contribution is 7.21. The van der Waals surface area contributed by atoms with Crippen LogP contribution in [0.25, 0.3) is 21.0 Å². The summed E-state index contributed by atoms with van der Waals surface area (Å²) < 4.78 is 7.18. The summed E-state index contributed by atoms with van der Waals surface area (Å²) >= 11 is 1.45. The zero-order valence-corrected chi connectivity index (χ0v) is 16.7. The summed E-state index contributed by atoms with van der Waals surface area (Å²) in [7, 11) is 0. The van der Waals surface area contributed by atoms with Crippen molar-refractivity contribution in [3.05, 3.63) is 76.8 Å². The van der Waals surface area contributed by atoms with Crippen LogP contribution in [0.3, 0.4) is 0 Å². The van der Waals surface area contributed by atoms with Crippen molar-refractivity contribution in [1.29, 1.82) is 0 Å². The molecule has 1 saturated heterocycles. The first-order chi connectivity index (χ1) is 14.2. The molecule has 1 aliphatic rings. The third-order valence-corrected chi connectivity index (χ3v) is 6.60. The molecule has 5 nitrogen and oxygen atoms in total. The molecule has 2 N–H and O–H groups in total. The Bertz CT molecular complexity index is 1200. The molecule has 1 amide bonds. The number of amides is 1. The van der Waals surface area contributed by atoms with Crippen LogP contribution in [0.2, 0.25) is 0 Å². The number of hydrogen-bond donors (Lipinski definition) is 1. The molecule has 1 aliphatic heterocycles. The van der Waals surface area contributed by atoms with Gasteiger partial charge in [-0.05, 0) is 35.2 Å². The molecule has 2 aromatic carbocycles. The summed E-state index contributed by atoms with van der Waals surface area (Å²) in [6.07, 6.45) is 1.65. The fourth-order valence-electron chi connectivity index (χ4n) is 4.07. The Kier molecular flexibility index (Phi) is 4.75. The number of hydrogen-bond acceptors (Lipinski definition) is 5. The fraction of sp³-hybridized carbons (Fsp3) is 0.217. The third-order valence-electron chi connectivity index (χ3n) is 5.40. The molecular weight excluding hydrogens is 382 g/mol. The molecule has 0 aliphatic carbocycles. The number of fused-ring (bicyclic) bond motifs is 2. The van der Waals surface area contributed by atoms with Crippen LogP contribution >= 0.6 is 11.3 Å². The lowest BCUT2D eigenvalue weighted by Gasteiger charge is -2.33. The van der Waals surface area contributed by atoms with Crippen molar-refractivity contribution in [2.24, 2.45) is 5.73 Å². The minimum atomic E-state index is -0.385. The molecule has 0 saturated carbocycles. The van der Waals surface area contributed by atoms with E-state index in [-0.39, 0.29) is 12.0 Å². The smallest absolute Gasteiger partial charge is 0.259 e. The Balaban J connectivity index is 1.43. The van der Waals surface area contributed by atoms with Gasteiger partial charge in [-0.15, -0.1) is 11.3 Å². The van der Waals surface area contributed by atoms with Gasteiger partial charge in [-0.25, -0.2) is 0 Å². The lowest BCUT2D eigenvalue weighted by molar-refractivity contribution is -0.0322. The summed E-state index contributed by atoms with van der Waals surface area (Å²) in [5.41, 5.74) is 8.88. The van der Waals surface area contributed by atoms with E-state index in [9.17, 15) is 4.79 Å². The van der Waals surface area contributed by atoms with Crippen molar-refractivity contribution in [1.82, 2.24) is 9.88 Å². The highest BCUT2D eigenvalue weighted by atomic mass is 32.1. The van der Waals surface area contributed by atoms with Crippen molar-refractivity contribution in [3.8, 4) is 0 Å². The number of rotatable bonds is 4. The summed E-state index contributed by atoms with van der Waals surface area (Å²) in [5, 5.41) is 2.21. The van der Waals surface area contributed by atoms with Crippen molar-refractivity contribution in [2.45, 2.75) is 12.6 Å². The van der Waals surface area contributed by atoms with Gasteiger partial charge in [-0.1, -0.05) is 30.3 Å². The lowest BCUT2D eigenvalue weighted by atomic mass is 10.0. The van der Waals surface area contributed by atoms with Gasteiger partial charge in [0.15, 0.2) is 0 Å². The van der Waals surface area contributed by atoms with Crippen LogP contribution in [0.1, 0.15) is 26.9 Å². The van der Waals surface area contributed by atoms with Crippen molar-refractivity contribution in [2.75, 3.05) is 19.7 Å². The van der Waals surface area contributed by atoms with E-state index in [0.29, 0.717) is 11.5 Å². The maximum Gasteiger partial charge on any atom is 0.259 e. The molecule has 1 fully saturated rings. The van der Waals surface area contributed by atoms with Gasteiger partial charge in [0.2, 0.25) is 0 Å². The Morgan fingerprint density at radius 1 is 1.21 bits per heavy atom. The Morgan fingerprint density at radius 3 is 3.00 bits per heavy atom. The molecule has 0 spiro atoms. The third kappa shape index (κ3) is 3.51. The van der Waals surface area contributed by atoms with E-state index in [1.165, 1.54) is 16.9 Å². The summed E-state index contributed by atoms with van der Waals surface area (Å²) in [5.74, 6) is -0.385. The molecule has 3 heterocycles. The molecule has 4 aromatic rings. The predicted molar refractivity (Wildman–Crippen MR) is 116 cm³/mol. The Morgan fingerprint density at radius 2 is 2.10 bits per heavy atom. The van der Waals surface area contributed by atoms with Gasteiger partial charge in [0.25, 0.3) is 5.91 Å². The quantitative estimate of drug-likeness (QED) is 0.556. The van der Waals surface area contributed by atoms with Crippen molar-refractivity contribution < 1.29 is 9.53 Å². The zero-order chi connectivity index (χ0) is 19.8. The minimum Gasteiger partial charge on any atom is -0.371 e. The fourth-order valence-corrected chi connectivity index (χ4v) is 5.18. The second-order valence-electron chi connectivity index (χ2n) is 7.33. The number of carbonyl (C=O) groups excluding carboxylic acids is 1. The summed E-state index contributed by atoms with van der Waals surface area (Å²) in [4.78, 5) is 19.5. The molecule has 0 radical (unpaired) electrons. The van der Waals surface area contributed by atoms with Crippen molar-refractivity contribution in [3.63, 3.8) is 0 Å². The van der Waals surface area contributed by atoms with Crippen molar-refractivity contribution >= 4 is 38.2 Å². The SMILES string of the molecule is NC(=O)c1sc2ccccc2c1[C@@H]1CN(Cc2ccc3ncccc3c2)CCO1. The van der Waals surface area contributed by atoms with E-state index in [4.69, 9.17) is 10.5 Å². The number of nitrogens with two attached hydrogens (primary N) is 1. The van der Waals surface area contributed by atoms with E-state index < -0.39 is 0 Å². The first-order valence-corrected chi connectivity index (χ1v) is 10.5. The maximum absolute atomic E-state index is 12.1. The minimum absolute atomic E-state index is 0.162. The molecule has 2 aromatic heterocycles. The monoisotopic (exact) mass is 403 g/mol. The van der Waals surface area contributed by atoms with E-state index in [1.54, 1.807) is 0 Å². The van der Waals surface area contributed by atoms with Crippen LogP contribution in [0.5, 0.6) is 0 Å². The van der Waals surface area contributed by atoms with E-state index >= 15 is 0 Å². The number of benzene rings is 2. The molecule has 0 bridgehead atoms. The average Bonchev–Trinajstić information content (AvgIpc) is 3.14. The van der Waals surface area contributed by atoms with Gasteiger partial charge in [0.1, 0.15) is 0 Å². The summed E-state index contributed by atoms with van der Waals surface area (Å²) in [6, 6.07) is 18.5. The topological polar surface area (TPSA) is 68.5 Å². The van der Waals surface area contributed by atoms with Crippen LogP contribution in [0.15, 0.2) is 60.8 Å². The number of morpholine rings is 1. The molecule has 6 heteroatoms. The number of carbonyl (C=O) groups is 1. The first kappa shape index (κ1) is 18.2. The second kappa shape index (κ2) is 7.55. The van der Waals surface area contributed by atoms with E-state index in [0.717, 1.165) is 46.2 Å². The standard InChI is InChI=1S/C23H21N3O2S/c24-23(27)22-21(17-5-1-2-6-20(17)29-22)19-14-26(10-11-28-19)13-15-7-8-18-16(12-15)4-3-9-25-18/h1-9,12,19H,10-11,13-14H2,(H2,24,27)/t19-/m0/s1. The molecule has 1 atom stereocenters. The highest BCUT2D eigenvalue weighted by Gasteiger charge is 2.29. The number of nitrogens with zero attached hydrogens (tertiary/aromatic N) is 2. The van der Waals surface area contributed by atoms with Gasteiger partial charge in [0.05, 0.1) is 23.1 Å². The zero-order valence-electron chi connectivity index (χ0n) is 15.9. The first-order valence-electron chi connectivity index (χ1n) is 9.68. The molecule has 5 rings (SSSR count). The number of primary amides is 1. The number of thiophene rings is 1. The van der Waals surface area contributed by atoms with Crippen LogP contribution < -0.4 is 5.73 Å². The van der Waals surface area contributed by atoms with Gasteiger partial charge >= 0.3 is 0 Å². The molecule has 0 unspecified atom stereocenters. The largest absolute Gasteiger partial charge is 0.371 e. The molecule has 146 valence electrons. The Labute approximate surface area is 172 Å². The number of aromatic nitrogens is 1. The molecular formula is C23H21N3O2S. The van der Waals surface area contributed by atoms with Gasteiger partial charge < -0.3 is 10.5 Å². The highest BCUT2D eigenvalue weighted by Crippen LogP contribution is 2.38. The lowest BCUT2D eigenvalue weighted by Crippen LogP contribution is -2.38. The second-order valence-corrected chi connectivity index (χ2v) is 8.38. The van der Waals surface area contributed by atoms with Crippen LogP contribution in [0, 0.1) is 0 Å².